The lowest BCUT2D eigenvalue weighted by atomic mass is 10.1. The molecule has 5 nitrogen and oxygen atoms in total. The molecule has 0 heterocycles. The second kappa shape index (κ2) is 11.1. The van der Waals surface area contributed by atoms with E-state index in [1.807, 2.05) is 31.2 Å². The van der Waals surface area contributed by atoms with E-state index in [0.29, 0.717) is 25.3 Å². The number of carbonyl (C=O) groups excluding carboxylic acids is 2. The first kappa shape index (κ1) is 21.4. The van der Waals surface area contributed by atoms with Gasteiger partial charge in [0.2, 0.25) is 0 Å². The number of halogens is 1. The fourth-order valence-electron chi connectivity index (χ4n) is 2.61. The lowest BCUT2D eigenvalue weighted by Crippen LogP contribution is -2.38. The van der Waals surface area contributed by atoms with E-state index in [2.05, 4.69) is 0 Å². The van der Waals surface area contributed by atoms with E-state index < -0.39 is 0 Å². The summed E-state index contributed by atoms with van der Waals surface area (Å²) in [6, 6.07) is 13.6. The molecular formula is C22H26FNO4. The maximum absolute atomic E-state index is 13.0. The summed E-state index contributed by atoms with van der Waals surface area (Å²) in [5.41, 5.74) is 2.02. The lowest BCUT2D eigenvalue weighted by Gasteiger charge is -2.22. The molecule has 0 aliphatic heterocycles. The summed E-state index contributed by atoms with van der Waals surface area (Å²) in [7, 11) is 0. The first-order valence-corrected chi connectivity index (χ1v) is 9.35. The van der Waals surface area contributed by atoms with Crippen LogP contribution in [0, 0.1) is 12.7 Å². The monoisotopic (exact) mass is 387 g/mol. The fourth-order valence-corrected chi connectivity index (χ4v) is 2.61. The number of amides is 1. The molecule has 0 atom stereocenters. The van der Waals surface area contributed by atoms with E-state index in [1.54, 1.807) is 24.0 Å². The zero-order chi connectivity index (χ0) is 20.4. The van der Waals surface area contributed by atoms with Gasteiger partial charge in [-0.3, -0.25) is 9.59 Å². The molecule has 0 spiro atoms. The highest BCUT2D eigenvalue weighted by atomic mass is 19.1. The molecule has 0 radical (unpaired) electrons. The number of aryl methyl sites for hydroxylation is 1. The second-order valence-corrected chi connectivity index (χ2v) is 6.41. The summed E-state index contributed by atoms with van der Waals surface area (Å²) >= 11 is 0. The van der Waals surface area contributed by atoms with Crippen molar-refractivity contribution in [3.05, 3.63) is 65.5 Å². The summed E-state index contributed by atoms with van der Waals surface area (Å²) in [6.45, 7) is 4.55. The zero-order valence-electron chi connectivity index (χ0n) is 16.3. The van der Waals surface area contributed by atoms with Gasteiger partial charge in [-0.25, -0.2) is 4.39 Å². The quantitative estimate of drug-likeness (QED) is 0.585. The number of esters is 1. The molecule has 6 heteroatoms. The minimum absolute atomic E-state index is 0.116. The molecule has 150 valence electrons. The predicted octanol–water partition coefficient (Wildman–Crippen LogP) is 3.54. The Hall–Kier alpha value is -2.89. The highest BCUT2D eigenvalue weighted by Crippen LogP contribution is 2.12. The fraction of sp³-hybridized carbons (Fsp3) is 0.364. The molecule has 0 saturated heterocycles. The van der Waals surface area contributed by atoms with Crippen molar-refractivity contribution in [3.63, 3.8) is 0 Å². The topological polar surface area (TPSA) is 55.8 Å². The van der Waals surface area contributed by atoms with Crippen molar-refractivity contribution in [1.29, 1.82) is 0 Å². The average molecular weight is 387 g/mol. The smallest absolute Gasteiger partial charge is 0.307 e. The normalized spacial score (nSPS) is 10.4. The molecule has 0 bridgehead atoms. The van der Waals surface area contributed by atoms with Gasteiger partial charge in [0.25, 0.3) is 5.91 Å². The lowest BCUT2D eigenvalue weighted by molar-refractivity contribution is -0.144. The molecule has 0 aromatic heterocycles. The molecule has 0 aliphatic carbocycles. The number of ether oxygens (including phenoxy) is 2. The Balaban J connectivity index is 1.94. The number of nitrogens with zero attached hydrogens (tertiary/aromatic N) is 1. The first-order chi connectivity index (χ1) is 13.5. The second-order valence-electron chi connectivity index (χ2n) is 6.41. The van der Waals surface area contributed by atoms with E-state index in [4.69, 9.17) is 9.47 Å². The Labute approximate surface area is 165 Å². The third-order valence-corrected chi connectivity index (χ3v) is 4.21. The molecule has 0 aliphatic rings. The SMILES string of the molecule is CCOC(=O)CCN(CCc1ccc(F)cc1)C(=O)COc1ccc(C)cc1. The van der Waals surface area contributed by atoms with Crippen molar-refractivity contribution in [1.82, 2.24) is 4.90 Å². The van der Waals surface area contributed by atoms with Gasteiger partial charge in [0.05, 0.1) is 13.0 Å². The van der Waals surface area contributed by atoms with Crippen LogP contribution in [0.1, 0.15) is 24.5 Å². The van der Waals surface area contributed by atoms with Gasteiger partial charge < -0.3 is 14.4 Å². The Kier molecular flexibility index (Phi) is 8.46. The molecule has 2 aromatic rings. The van der Waals surface area contributed by atoms with Crippen molar-refractivity contribution in [3.8, 4) is 5.75 Å². The van der Waals surface area contributed by atoms with Crippen molar-refractivity contribution < 1.29 is 23.5 Å². The van der Waals surface area contributed by atoms with Gasteiger partial charge in [-0.15, -0.1) is 0 Å². The Morgan fingerprint density at radius 3 is 2.32 bits per heavy atom. The van der Waals surface area contributed by atoms with Gasteiger partial charge in [-0.1, -0.05) is 29.8 Å². The zero-order valence-corrected chi connectivity index (χ0v) is 16.3. The molecular weight excluding hydrogens is 361 g/mol. The van der Waals surface area contributed by atoms with Crippen LogP contribution in [0.2, 0.25) is 0 Å². The van der Waals surface area contributed by atoms with Crippen LogP contribution < -0.4 is 4.74 Å². The van der Waals surface area contributed by atoms with E-state index in [1.165, 1.54) is 12.1 Å². The third-order valence-electron chi connectivity index (χ3n) is 4.21. The van der Waals surface area contributed by atoms with Crippen LogP contribution in [0.4, 0.5) is 4.39 Å². The first-order valence-electron chi connectivity index (χ1n) is 9.35. The summed E-state index contributed by atoms with van der Waals surface area (Å²) in [6.07, 6.45) is 0.674. The molecule has 0 fully saturated rings. The van der Waals surface area contributed by atoms with Crippen LogP contribution >= 0.6 is 0 Å². The Bertz CT molecular complexity index is 759. The summed E-state index contributed by atoms with van der Waals surface area (Å²) in [4.78, 5) is 25.9. The highest BCUT2D eigenvalue weighted by molar-refractivity contribution is 5.78. The van der Waals surface area contributed by atoms with E-state index in [0.717, 1.165) is 11.1 Å². The number of hydrogen-bond donors (Lipinski definition) is 0. The maximum atomic E-state index is 13.0. The van der Waals surface area contributed by atoms with Crippen molar-refractivity contribution in [2.75, 3.05) is 26.3 Å². The summed E-state index contributed by atoms with van der Waals surface area (Å²) in [5, 5.41) is 0. The van der Waals surface area contributed by atoms with E-state index >= 15 is 0 Å². The van der Waals surface area contributed by atoms with Crippen LogP contribution in [0.5, 0.6) is 5.75 Å². The summed E-state index contributed by atoms with van der Waals surface area (Å²) in [5.74, 6) is -0.248. The maximum Gasteiger partial charge on any atom is 0.307 e. The number of carbonyl (C=O) groups is 2. The van der Waals surface area contributed by atoms with Crippen LogP contribution in [0.25, 0.3) is 0 Å². The number of rotatable bonds is 10. The number of benzene rings is 2. The van der Waals surface area contributed by atoms with Crippen molar-refractivity contribution in [2.45, 2.75) is 26.7 Å². The molecule has 0 N–H and O–H groups in total. The Morgan fingerprint density at radius 2 is 1.68 bits per heavy atom. The standard InChI is InChI=1S/C22H26FNO4/c1-3-27-22(26)13-15-24(14-12-18-6-8-19(23)9-7-18)21(25)16-28-20-10-4-17(2)5-11-20/h4-11H,3,12-16H2,1-2H3. The van der Waals surface area contributed by atoms with Gasteiger partial charge in [-0.05, 0) is 50.1 Å². The largest absolute Gasteiger partial charge is 0.484 e. The number of hydrogen-bond acceptors (Lipinski definition) is 4. The third kappa shape index (κ3) is 7.39. The minimum atomic E-state index is -0.346. The molecule has 0 unspecified atom stereocenters. The molecule has 0 saturated carbocycles. The van der Waals surface area contributed by atoms with Crippen LogP contribution in [-0.2, 0) is 20.7 Å². The van der Waals surface area contributed by atoms with Gasteiger partial charge >= 0.3 is 5.97 Å². The summed E-state index contributed by atoms with van der Waals surface area (Å²) < 4.78 is 23.6. The van der Waals surface area contributed by atoms with Gasteiger partial charge in [-0.2, -0.15) is 0 Å². The minimum Gasteiger partial charge on any atom is -0.484 e. The van der Waals surface area contributed by atoms with Crippen LogP contribution in [0.3, 0.4) is 0 Å². The van der Waals surface area contributed by atoms with Crippen LogP contribution in [0.15, 0.2) is 48.5 Å². The highest BCUT2D eigenvalue weighted by Gasteiger charge is 2.16. The van der Waals surface area contributed by atoms with Crippen LogP contribution in [-0.4, -0.2) is 43.1 Å². The Morgan fingerprint density at radius 1 is 1.00 bits per heavy atom. The predicted molar refractivity (Wildman–Crippen MR) is 105 cm³/mol. The molecule has 1 amide bonds. The van der Waals surface area contributed by atoms with Gasteiger partial charge in [0.1, 0.15) is 11.6 Å². The van der Waals surface area contributed by atoms with E-state index in [-0.39, 0.29) is 37.3 Å². The molecule has 28 heavy (non-hydrogen) atoms. The molecule has 2 aromatic carbocycles. The van der Waals surface area contributed by atoms with Gasteiger partial charge in [0, 0.05) is 13.1 Å². The molecule has 2 rings (SSSR count). The van der Waals surface area contributed by atoms with Crippen molar-refractivity contribution >= 4 is 11.9 Å². The van der Waals surface area contributed by atoms with E-state index in [9.17, 15) is 14.0 Å². The average Bonchev–Trinajstić information content (AvgIpc) is 2.69. The van der Waals surface area contributed by atoms with Gasteiger partial charge in [0.15, 0.2) is 6.61 Å². The van der Waals surface area contributed by atoms with Crippen molar-refractivity contribution in [2.24, 2.45) is 0 Å².